The number of aryl methyl sites for hydroxylation is 2. The van der Waals surface area contributed by atoms with Gasteiger partial charge in [0.1, 0.15) is 5.84 Å². The maximum atomic E-state index is 12.8. The van der Waals surface area contributed by atoms with Crippen molar-refractivity contribution in [3.8, 4) is 23.0 Å². The predicted molar refractivity (Wildman–Crippen MR) is 199 cm³/mol. The number of piperazine rings is 2. The summed E-state index contributed by atoms with van der Waals surface area (Å²) in [5.41, 5.74) is 2.38. The quantitative estimate of drug-likeness (QED) is 0.241. The lowest BCUT2D eigenvalue weighted by Gasteiger charge is -2.35. The van der Waals surface area contributed by atoms with E-state index < -0.39 is 0 Å². The molecule has 0 unspecified atom stereocenters. The molecule has 16 nitrogen and oxygen atoms in total. The van der Waals surface area contributed by atoms with Crippen molar-refractivity contribution in [2.75, 3.05) is 117 Å². The largest absolute Gasteiger partial charge is 0.493 e. The molecule has 3 N–H and O–H groups in total. The smallest absolute Gasteiger partial charge is 0.260 e. The third-order valence-corrected chi connectivity index (χ3v) is 9.76. The predicted octanol–water partition coefficient (Wildman–Crippen LogP) is 1.37. The van der Waals surface area contributed by atoms with Gasteiger partial charge >= 0.3 is 0 Å². The number of aromatic amines is 2. The van der Waals surface area contributed by atoms with E-state index in [9.17, 15) is 9.59 Å². The van der Waals surface area contributed by atoms with Crippen LogP contribution in [0.1, 0.15) is 11.1 Å². The summed E-state index contributed by atoms with van der Waals surface area (Å²) in [5, 5.41) is 4.35. The average molecular weight is 705 g/mol. The Kier molecular flexibility index (Phi) is 10.8. The number of H-pyrrole nitrogens is 2. The van der Waals surface area contributed by atoms with Gasteiger partial charge in [-0.3, -0.25) is 29.4 Å². The first-order valence-electron chi connectivity index (χ1n) is 17.2. The first-order valence-corrected chi connectivity index (χ1v) is 17.2. The van der Waals surface area contributed by atoms with Crippen molar-refractivity contribution in [1.82, 2.24) is 35.1 Å². The fourth-order valence-electron chi connectivity index (χ4n) is 6.92. The molecular formula is C35H48N10O6. The van der Waals surface area contributed by atoms with Crippen molar-refractivity contribution in [3.63, 3.8) is 0 Å². The number of nitrogens with zero attached hydrogens (tertiary/aromatic N) is 7. The molecule has 3 aliphatic heterocycles. The number of ether oxygens (including phenoxy) is 4. The van der Waals surface area contributed by atoms with Crippen molar-refractivity contribution < 1.29 is 18.9 Å². The summed E-state index contributed by atoms with van der Waals surface area (Å²) < 4.78 is 21.5. The molecule has 0 saturated carbocycles. The highest BCUT2D eigenvalue weighted by Crippen LogP contribution is 2.36. The molecule has 0 bridgehead atoms. The molecule has 0 aliphatic carbocycles. The third kappa shape index (κ3) is 7.23. The number of likely N-dealkylation sites (N-methyl/N-ethyl adjacent to an activating group) is 1. The van der Waals surface area contributed by atoms with Crippen LogP contribution in [0, 0.1) is 13.8 Å². The Hall–Kier alpha value is -5.09. The van der Waals surface area contributed by atoms with E-state index in [0.717, 1.165) is 89.0 Å². The molecule has 5 heterocycles. The summed E-state index contributed by atoms with van der Waals surface area (Å²) in [6, 6.07) is 3.52. The van der Waals surface area contributed by atoms with E-state index in [0.29, 0.717) is 56.7 Å². The van der Waals surface area contributed by atoms with Gasteiger partial charge in [0.15, 0.2) is 23.0 Å². The number of anilines is 2. The topological polar surface area (TPSA) is 166 Å². The minimum Gasteiger partial charge on any atom is -0.493 e. The molecule has 2 fully saturated rings. The van der Waals surface area contributed by atoms with E-state index in [1.807, 2.05) is 13.8 Å². The molecule has 3 aliphatic rings. The van der Waals surface area contributed by atoms with Crippen LogP contribution in [0.25, 0.3) is 21.8 Å². The van der Waals surface area contributed by atoms with Crippen LogP contribution in [0.15, 0.2) is 26.7 Å². The first-order chi connectivity index (χ1) is 24.7. The number of aliphatic imine (C=N–C) groups is 1. The summed E-state index contributed by atoms with van der Waals surface area (Å²) in [6.45, 7) is 13.3. The molecule has 0 spiro atoms. The van der Waals surface area contributed by atoms with E-state index in [2.05, 4.69) is 51.9 Å². The maximum absolute atomic E-state index is 12.8. The number of fused-ring (bicyclic) bond motifs is 2. The van der Waals surface area contributed by atoms with Gasteiger partial charge in [-0.2, -0.15) is 0 Å². The number of methoxy groups -OCH3 is 4. The molecule has 16 heteroatoms. The fraction of sp³-hybridized carbons (Fsp3) is 0.514. The van der Waals surface area contributed by atoms with E-state index in [1.54, 1.807) is 40.6 Å². The Morgan fingerprint density at radius 3 is 1.61 bits per heavy atom. The van der Waals surface area contributed by atoms with Crippen molar-refractivity contribution in [2.45, 2.75) is 13.8 Å². The number of hydrogen-bond donors (Lipinski definition) is 3. The van der Waals surface area contributed by atoms with Crippen molar-refractivity contribution in [3.05, 3.63) is 44.0 Å². The van der Waals surface area contributed by atoms with Gasteiger partial charge in [-0.15, -0.1) is 0 Å². The van der Waals surface area contributed by atoms with Crippen molar-refractivity contribution in [1.29, 1.82) is 0 Å². The van der Waals surface area contributed by atoms with Gasteiger partial charge in [0.2, 0.25) is 11.9 Å². The van der Waals surface area contributed by atoms with Crippen molar-refractivity contribution >= 4 is 39.5 Å². The van der Waals surface area contributed by atoms with E-state index >= 15 is 0 Å². The fourth-order valence-corrected chi connectivity index (χ4v) is 6.92. The average Bonchev–Trinajstić information content (AvgIpc) is 3.55. The molecule has 2 saturated heterocycles. The normalized spacial score (nSPS) is 16.6. The van der Waals surface area contributed by atoms with Crippen LogP contribution in [-0.2, 0) is 0 Å². The Balaban J connectivity index is 0.000000183. The van der Waals surface area contributed by atoms with E-state index in [-0.39, 0.29) is 11.1 Å². The zero-order valence-electron chi connectivity index (χ0n) is 30.5. The maximum Gasteiger partial charge on any atom is 0.260 e. The summed E-state index contributed by atoms with van der Waals surface area (Å²) in [7, 11) is 8.39. The van der Waals surface area contributed by atoms with E-state index in [1.165, 1.54) is 0 Å². The highest BCUT2D eigenvalue weighted by Gasteiger charge is 2.24. The van der Waals surface area contributed by atoms with Crippen LogP contribution in [0.3, 0.4) is 0 Å². The lowest BCUT2D eigenvalue weighted by Crippen LogP contribution is -2.50. The molecular weight excluding hydrogens is 656 g/mol. The molecule has 2 aromatic heterocycles. The Labute approximate surface area is 296 Å². The molecule has 7 rings (SSSR count). The Morgan fingerprint density at radius 1 is 0.686 bits per heavy atom. The number of nitrogens with one attached hydrogen (secondary N) is 3. The number of hydrogen-bond acceptors (Lipinski definition) is 14. The minimum absolute atomic E-state index is 0.156. The standard InChI is InChI=1S/C20H28N6O3.C15H20N4O3/c1-13-17-14(11-15(28-3)18(13)29-4)22-20(23-19(17)27)26-9-7-25(8-10-26)12-16-21-5-6-24(16)2;1-9-12-10(8-11(21-2)13(9)22-3)17-15(18-14(12)20)19-6-4-16-5-7-19/h11H,5-10,12H2,1-4H3,(H,22,23,27);8,16H,4-7H2,1-3H3,(H,17,18,20). The van der Waals surface area contributed by atoms with Crippen LogP contribution >= 0.6 is 0 Å². The molecule has 274 valence electrons. The molecule has 0 amide bonds. The summed E-state index contributed by atoms with van der Waals surface area (Å²) in [4.78, 5) is 53.9. The Bertz CT molecular complexity index is 2030. The number of amidine groups is 1. The van der Waals surface area contributed by atoms with Crippen LogP contribution in [0.2, 0.25) is 0 Å². The lowest BCUT2D eigenvalue weighted by molar-refractivity contribution is 0.283. The van der Waals surface area contributed by atoms with Gasteiger partial charge in [-0.1, -0.05) is 0 Å². The first kappa shape index (κ1) is 35.7. The number of aromatic nitrogens is 4. The second-order valence-electron chi connectivity index (χ2n) is 12.8. The van der Waals surface area contributed by atoms with Gasteiger partial charge in [0.05, 0.1) is 63.3 Å². The van der Waals surface area contributed by atoms with Gasteiger partial charge in [-0.05, 0) is 13.8 Å². The summed E-state index contributed by atoms with van der Waals surface area (Å²) in [6.07, 6.45) is 0. The third-order valence-electron chi connectivity index (χ3n) is 9.76. The molecule has 0 radical (unpaired) electrons. The van der Waals surface area contributed by atoms with Crippen LogP contribution in [-0.4, -0.2) is 143 Å². The van der Waals surface area contributed by atoms with Gasteiger partial charge < -0.3 is 39.0 Å². The molecule has 51 heavy (non-hydrogen) atoms. The molecule has 2 aromatic carbocycles. The lowest BCUT2D eigenvalue weighted by atomic mass is 10.1. The van der Waals surface area contributed by atoms with Gasteiger partial charge in [0, 0.05) is 89.2 Å². The van der Waals surface area contributed by atoms with Crippen LogP contribution < -0.4 is 45.2 Å². The van der Waals surface area contributed by atoms with Crippen molar-refractivity contribution in [2.24, 2.45) is 4.99 Å². The summed E-state index contributed by atoms with van der Waals surface area (Å²) >= 11 is 0. The summed E-state index contributed by atoms with van der Waals surface area (Å²) in [5.74, 6) is 4.65. The highest BCUT2D eigenvalue weighted by molar-refractivity contribution is 5.88. The second-order valence-corrected chi connectivity index (χ2v) is 12.8. The second kappa shape index (κ2) is 15.4. The molecule has 0 atom stereocenters. The van der Waals surface area contributed by atoms with E-state index in [4.69, 9.17) is 23.9 Å². The zero-order valence-corrected chi connectivity index (χ0v) is 30.5. The number of benzene rings is 2. The Morgan fingerprint density at radius 2 is 1.18 bits per heavy atom. The van der Waals surface area contributed by atoms with Gasteiger partial charge in [0.25, 0.3) is 11.1 Å². The highest BCUT2D eigenvalue weighted by atomic mass is 16.5. The molecule has 4 aromatic rings. The number of rotatable bonds is 8. The SMILES string of the molecule is COc1cc2nc(N3CCN(CC4=NCCN4C)CC3)[nH]c(=O)c2c(C)c1OC.COc1cc2nc(N3CCNCC3)[nH]c(=O)c2c(C)c1OC. The monoisotopic (exact) mass is 704 g/mol. The van der Waals surface area contributed by atoms with Crippen LogP contribution in [0.5, 0.6) is 23.0 Å². The zero-order chi connectivity index (χ0) is 36.2. The minimum atomic E-state index is -0.159. The van der Waals surface area contributed by atoms with Gasteiger partial charge in [-0.25, -0.2) is 9.97 Å². The van der Waals surface area contributed by atoms with Crippen LogP contribution in [0.4, 0.5) is 11.9 Å².